The molecule has 2 atom stereocenters. The molecule has 0 spiro atoms. The number of primary amides is 1. The van der Waals surface area contributed by atoms with Crippen molar-refractivity contribution >= 4 is 11.7 Å². The molecule has 1 aliphatic heterocycles. The predicted molar refractivity (Wildman–Crippen MR) is 84.3 cm³/mol. The van der Waals surface area contributed by atoms with Crippen molar-refractivity contribution in [3.8, 4) is 0 Å². The van der Waals surface area contributed by atoms with Crippen LogP contribution in [0.3, 0.4) is 0 Å². The summed E-state index contributed by atoms with van der Waals surface area (Å²) in [6.45, 7) is 7.23. The van der Waals surface area contributed by atoms with Crippen molar-refractivity contribution in [1.29, 1.82) is 0 Å². The summed E-state index contributed by atoms with van der Waals surface area (Å²) in [5.41, 5.74) is 6.95. The second-order valence-electron chi connectivity index (χ2n) is 6.30. The molecule has 0 saturated carbocycles. The SMILES string of the molecule is CC(NC1CCOC(C)(C)C1)c1ccc(NC(N)=O)cc1. The Labute approximate surface area is 126 Å². The lowest BCUT2D eigenvalue weighted by molar-refractivity contribution is -0.0639. The molecule has 1 aromatic carbocycles. The van der Waals surface area contributed by atoms with Crippen LogP contribution < -0.4 is 16.4 Å². The molecule has 0 aliphatic carbocycles. The number of nitrogens with one attached hydrogen (secondary N) is 2. The van der Waals surface area contributed by atoms with Gasteiger partial charge in [0.25, 0.3) is 0 Å². The molecule has 1 aromatic rings. The number of benzene rings is 1. The molecule has 2 rings (SSSR count). The number of anilines is 1. The summed E-state index contributed by atoms with van der Waals surface area (Å²) < 4.78 is 5.74. The molecule has 2 unspecified atom stereocenters. The summed E-state index contributed by atoms with van der Waals surface area (Å²) in [5, 5.41) is 6.22. The van der Waals surface area contributed by atoms with E-state index >= 15 is 0 Å². The van der Waals surface area contributed by atoms with Crippen LogP contribution in [0.1, 0.15) is 45.2 Å². The van der Waals surface area contributed by atoms with E-state index in [1.807, 2.05) is 24.3 Å². The minimum atomic E-state index is -0.543. The van der Waals surface area contributed by atoms with Crippen LogP contribution in [0.2, 0.25) is 0 Å². The minimum absolute atomic E-state index is 0.0507. The fourth-order valence-electron chi connectivity index (χ4n) is 2.82. The van der Waals surface area contributed by atoms with Gasteiger partial charge in [0, 0.05) is 24.4 Å². The highest BCUT2D eigenvalue weighted by molar-refractivity contribution is 5.87. The molecule has 1 heterocycles. The van der Waals surface area contributed by atoms with Crippen molar-refractivity contribution in [3.05, 3.63) is 29.8 Å². The molecule has 0 aromatic heterocycles. The normalized spacial score (nSPS) is 22.5. The van der Waals surface area contributed by atoms with Gasteiger partial charge in [-0.3, -0.25) is 0 Å². The van der Waals surface area contributed by atoms with Crippen LogP contribution >= 0.6 is 0 Å². The second-order valence-corrected chi connectivity index (χ2v) is 6.30. The van der Waals surface area contributed by atoms with E-state index in [0.717, 1.165) is 19.4 Å². The monoisotopic (exact) mass is 291 g/mol. The number of hydrogen-bond acceptors (Lipinski definition) is 3. The highest BCUT2D eigenvalue weighted by Gasteiger charge is 2.29. The second kappa shape index (κ2) is 6.45. The first-order valence-electron chi connectivity index (χ1n) is 7.42. The van der Waals surface area contributed by atoms with E-state index in [2.05, 4.69) is 31.4 Å². The Hall–Kier alpha value is -1.59. The smallest absolute Gasteiger partial charge is 0.316 e. The molecule has 116 valence electrons. The highest BCUT2D eigenvalue weighted by atomic mass is 16.5. The topological polar surface area (TPSA) is 76.4 Å². The molecule has 5 heteroatoms. The van der Waals surface area contributed by atoms with E-state index < -0.39 is 6.03 Å². The van der Waals surface area contributed by atoms with Crippen molar-refractivity contribution in [2.24, 2.45) is 5.73 Å². The molecule has 21 heavy (non-hydrogen) atoms. The van der Waals surface area contributed by atoms with Crippen LogP contribution in [0, 0.1) is 0 Å². The average molecular weight is 291 g/mol. The Balaban J connectivity index is 1.93. The lowest BCUT2D eigenvalue weighted by atomic mass is 9.93. The van der Waals surface area contributed by atoms with E-state index in [1.165, 1.54) is 5.56 Å². The van der Waals surface area contributed by atoms with Crippen LogP contribution in [0.25, 0.3) is 0 Å². The van der Waals surface area contributed by atoms with Gasteiger partial charge >= 0.3 is 6.03 Å². The molecule has 5 nitrogen and oxygen atoms in total. The Bertz CT molecular complexity index is 485. The first-order valence-corrected chi connectivity index (χ1v) is 7.42. The molecular formula is C16H25N3O2. The quantitative estimate of drug-likeness (QED) is 0.798. The van der Waals surface area contributed by atoms with Crippen LogP contribution in [-0.4, -0.2) is 24.3 Å². The lowest BCUT2D eigenvalue weighted by Crippen LogP contribution is -2.44. The fraction of sp³-hybridized carbons (Fsp3) is 0.562. The molecule has 2 amide bonds. The highest BCUT2D eigenvalue weighted by Crippen LogP contribution is 2.26. The van der Waals surface area contributed by atoms with E-state index in [1.54, 1.807) is 0 Å². The maximum atomic E-state index is 10.8. The number of amides is 2. The van der Waals surface area contributed by atoms with Crippen molar-refractivity contribution < 1.29 is 9.53 Å². The van der Waals surface area contributed by atoms with Gasteiger partial charge in [0.15, 0.2) is 0 Å². The van der Waals surface area contributed by atoms with E-state index in [9.17, 15) is 4.79 Å². The molecule has 1 aliphatic rings. The summed E-state index contributed by atoms with van der Waals surface area (Å²) in [4.78, 5) is 10.8. The maximum Gasteiger partial charge on any atom is 0.316 e. The van der Waals surface area contributed by atoms with Crippen molar-refractivity contribution in [2.75, 3.05) is 11.9 Å². The van der Waals surface area contributed by atoms with Gasteiger partial charge in [0.2, 0.25) is 0 Å². The zero-order chi connectivity index (χ0) is 15.5. The fourth-order valence-corrected chi connectivity index (χ4v) is 2.82. The van der Waals surface area contributed by atoms with Gasteiger partial charge in [-0.05, 0) is 51.3 Å². The Morgan fingerprint density at radius 2 is 2.05 bits per heavy atom. The Morgan fingerprint density at radius 1 is 1.38 bits per heavy atom. The van der Waals surface area contributed by atoms with Crippen LogP contribution in [0.15, 0.2) is 24.3 Å². The number of hydrogen-bond donors (Lipinski definition) is 3. The van der Waals surface area contributed by atoms with Gasteiger partial charge in [-0.2, -0.15) is 0 Å². The number of ether oxygens (including phenoxy) is 1. The average Bonchev–Trinajstić information content (AvgIpc) is 2.37. The standard InChI is InChI=1S/C16H25N3O2/c1-11(18-14-8-9-21-16(2,3)10-14)12-4-6-13(7-5-12)19-15(17)20/h4-7,11,14,18H,8-10H2,1-3H3,(H3,17,19,20). The molecular weight excluding hydrogens is 266 g/mol. The van der Waals surface area contributed by atoms with Gasteiger partial charge in [0.05, 0.1) is 5.60 Å². The number of urea groups is 1. The third kappa shape index (κ3) is 4.72. The number of rotatable bonds is 4. The van der Waals surface area contributed by atoms with E-state index in [4.69, 9.17) is 10.5 Å². The van der Waals surface area contributed by atoms with Crippen molar-refractivity contribution in [2.45, 2.75) is 51.3 Å². The molecule has 0 bridgehead atoms. The summed E-state index contributed by atoms with van der Waals surface area (Å²) in [6, 6.07) is 7.93. The van der Waals surface area contributed by atoms with Crippen molar-refractivity contribution in [1.82, 2.24) is 5.32 Å². The van der Waals surface area contributed by atoms with Gasteiger partial charge in [-0.1, -0.05) is 12.1 Å². The summed E-state index contributed by atoms with van der Waals surface area (Å²) in [7, 11) is 0. The third-order valence-corrected chi connectivity index (χ3v) is 3.86. The van der Waals surface area contributed by atoms with Gasteiger partial charge in [0.1, 0.15) is 0 Å². The molecule has 0 radical (unpaired) electrons. The summed E-state index contributed by atoms with van der Waals surface area (Å²) >= 11 is 0. The number of nitrogens with two attached hydrogens (primary N) is 1. The predicted octanol–water partition coefficient (Wildman–Crippen LogP) is 2.79. The zero-order valence-electron chi connectivity index (χ0n) is 13.0. The lowest BCUT2D eigenvalue weighted by Gasteiger charge is -2.37. The Morgan fingerprint density at radius 3 is 2.62 bits per heavy atom. The van der Waals surface area contributed by atoms with E-state index in [-0.39, 0.29) is 11.6 Å². The summed E-state index contributed by atoms with van der Waals surface area (Å²) in [6.07, 6.45) is 2.05. The molecule has 1 saturated heterocycles. The summed E-state index contributed by atoms with van der Waals surface area (Å²) in [5.74, 6) is 0. The van der Waals surface area contributed by atoms with Gasteiger partial charge in [-0.15, -0.1) is 0 Å². The van der Waals surface area contributed by atoms with Gasteiger partial charge < -0.3 is 21.1 Å². The van der Waals surface area contributed by atoms with Crippen molar-refractivity contribution in [3.63, 3.8) is 0 Å². The largest absolute Gasteiger partial charge is 0.375 e. The third-order valence-electron chi connectivity index (χ3n) is 3.86. The first-order chi connectivity index (χ1) is 9.85. The van der Waals surface area contributed by atoms with Crippen LogP contribution in [0.5, 0.6) is 0 Å². The zero-order valence-corrected chi connectivity index (χ0v) is 13.0. The maximum absolute atomic E-state index is 10.8. The van der Waals surface area contributed by atoms with Crippen LogP contribution in [0.4, 0.5) is 10.5 Å². The number of carbonyl (C=O) groups is 1. The molecule has 1 fully saturated rings. The Kier molecular flexibility index (Phi) is 4.85. The van der Waals surface area contributed by atoms with Gasteiger partial charge in [-0.25, -0.2) is 4.79 Å². The number of carbonyl (C=O) groups excluding carboxylic acids is 1. The minimum Gasteiger partial charge on any atom is -0.375 e. The van der Waals surface area contributed by atoms with E-state index in [0.29, 0.717) is 11.7 Å². The first kappa shape index (κ1) is 15.8. The van der Waals surface area contributed by atoms with Crippen LogP contribution in [-0.2, 0) is 4.74 Å². The molecule has 4 N–H and O–H groups in total.